The average molecular weight is 410 g/mol. The number of nitrogens with one attached hydrogen (secondary N) is 2. The number of allylic oxidation sites excluding steroid dienone is 2. The highest BCUT2D eigenvalue weighted by atomic mass is 16.2. The van der Waals surface area contributed by atoms with E-state index in [0.717, 1.165) is 43.2 Å². The molecule has 0 bridgehead atoms. The van der Waals surface area contributed by atoms with E-state index in [-0.39, 0.29) is 23.9 Å². The first-order valence-electron chi connectivity index (χ1n) is 10.9. The zero-order valence-corrected chi connectivity index (χ0v) is 17.8. The number of hydrogen-bond donors (Lipinski definition) is 2. The number of aryl methyl sites for hydroxylation is 1. The summed E-state index contributed by atoms with van der Waals surface area (Å²) in [5.74, 6) is 0.561. The fraction of sp³-hybridized carbons (Fsp3) is 0.522. The summed E-state index contributed by atoms with van der Waals surface area (Å²) in [6.07, 6.45) is 17.2. The number of piperidine rings is 1. The Hall–Kier alpha value is -2.83. The topological polar surface area (TPSA) is 83.0 Å². The van der Waals surface area contributed by atoms with Crippen molar-refractivity contribution in [1.82, 2.24) is 25.0 Å². The summed E-state index contributed by atoms with van der Waals surface area (Å²) in [7, 11) is 1.86. The van der Waals surface area contributed by atoms with Crippen molar-refractivity contribution >= 4 is 11.8 Å². The quantitative estimate of drug-likeness (QED) is 0.744. The lowest BCUT2D eigenvalue weighted by molar-refractivity contribution is -0.136. The van der Waals surface area contributed by atoms with Gasteiger partial charge < -0.3 is 15.2 Å². The first kappa shape index (κ1) is 20.4. The predicted molar refractivity (Wildman–Crippen MR) is 116 cm³/mol. The lowest BCUT2D eigenvalue weighted by Gasteiger charge is -2.39. The van der Waals surface area contributed by atoms with Crippen LogP contribution in [0.2, 0.25) is 0 Å². The number of carbonyl (C=O) groups excluding carboxylic acids is 2. The van der Waals surface area contributed by atoms with Gasteiger partial charge in [-0.2, -0.15) is 5.10 Å². The smallest absolute Gasteiger partial charge is 0.253 e. The van der Waals surface area contributed by atoms with Crippen LogP contribution in [0.5, 0.6) is 0 Å². The van der Waals surface area contributed by atoms with Crippen molar-refractivity contribution in [3.05, 3.63) is 42.5 Å². The molecule has 2 amide bonds. The van der Waals surface area contributed by atoms with Gasteiger partial charge in [-0.3, -0.25) is 14.3 Å². The fourth-order valence-corrected chi connectivity index (χ4v) is 4.59. The van der Waals surface area contributed by atoms with Crippen LogP contribution in [0, 0.1) is 5.92 Å². The van der Waals surface area contributed by atoms with Crippen LogP contribution in [0.1, 0.15) is 55.8 Å². The maximum Gasteiger partial charge on any atom is 0.253 e. The molecular formula is C23H31N5O2. The van der Waals surface area contributed by atoms with Crippen LogP contribution in [0.15, 0.2) is 36.9 Å². The van der Waals surface area contributed by atoms with Gasteiger partial charge in [-0.1, -0.05) is 12.2 Å². The molecule has 0 unspecified atom stereocenters. The Kier molecular flexibility index (Phi) is 6.06. The number of rotatable bonds is 5. The fourth-order valence-electron chi connectivity index (χ4n) is 4.59. The highest BCUT2D eigenvalue weighted by molar-refractivity contribution is 6.00. The zero-order valence-electron chi connectivity index (χ0n) is 17.8. The molecule has 160 valence electrons. The first-order valence-corrected chi connectivity index (χ1v) is 10.9. The Morgan fingerprint density at radius 1 is 1.23 bits per heavy atom. The Labute approximate surface area is 177 Å². The Morgan fingerprint density at radius 3 is 2.83 bits per heavy atom. The van der Waals surface area contributed by atoms with Gasteiger partial charge in [0, 0.05) is 61.8 Å². The number of likely N-dealkylation sites (tertiary alicyclic amines) is 1. The van der Waals surface area contributed by atoms with Crippen LogP contribution in [0.4, 0.5) is 0 Å². The van der Waals surface area contributed by atoms with Crippen molar-refractivity contribution in [1.29, 1.82) is 0 Å². The number of H-pyrrole nitrogens is 1. The Morgan fingerprint density at radius 2 is 2.10 bits per heavy atom. The zero-order chi connectivity index (χ0) is 21.1. The maximum atomic E-state index is 13.0. The first-order chi connectivity index (χ1) is 14.5. The van der Waals surface area contributed by atoms with Gasteiger partial charge in [-0.25, -0.2) is 0 Å². The second kappa shape index (κ2) is 8.90. The minimum Gasteiger partial charge on any atom is -0.366 e. The van der Waals surface area contributed by atoms with Gasteiger partial charge in [-0.05, 0) is 44.9 Å². The SMILES string of the molecule is C[C@@H]1CC[C@@H](NC(=O)c2c[nH]cc2-c2cnn(C)c2)CN1C(=O)C[C@@H]1CC=CCC1. The molecule has 3 atom stereocenters. The van der Waals surface area contributed by atoms with Gasteiger partial charge in [0.2, 0.25) is 5.91 Å². The highest BCUT2D eigenvalue weighted by Crippen LogP contribution is 2.26. The summed E-state index contributed by atoms with van der Waals surface area (Å²) in [6, 6.07) is 0.198. The van der Waals surface area contributed by atoms with Crippen LogP contribution in [-0.2, 0) is 11.8 Å². The Bertz CT molecular complexity index is 928. The van der Waals surface area contributed by atoms with E-state index in [4.69, 9.17) is 0 Å². The molecule has 2 N–H and O–H groups in total. The molecule has 0 radical (unpaired) electrons. The summed E-state index contributed by atoms with van der Waals surface area (Å²) in [6.45, 7) is 2.70. The average Bonchev–Trinajstić information content (AvgIpc) is 3.39. The van der Waals surface area contributed by atoms with E-state index in [9.17, 15) is 9.59 Å². The van der Waals surface area contributed by atoms with E-state index in [1.54, 1.807) is 17.1 Å². The van der Waals surface area contributed by atoms with E-state index >= 15 is 0 Å². The molecule has 30 heavy (non-hydrogen) atoms. The largest absolute Gasteiger partial charge is 0.366 e. The van der Waals surface area contributed by atoms with E-state index in [1.165, 1.54) is 0 Å². The van der Waals surface area contributed by atoms with Crippen LogP contribution < -0.4 is 5.32 Å². The molecule has 2 aromatic rings. The second-order valence-corrected chi connectivity index (χ2v) is 8.68. The monoisotopic (exact) mass is 409 g/mol. The lowest BCUT2D eigenvalue weighted by atomic mass is 9.90. The number of nitrogens with zero attached hydrogens (tertiary/aromatic N) is 3. The minimum absolute atomic E-state index is 0.0273. The lowest BCUT2D eigenvalue weighted by Crippen LogP contribution is -2.53. The summed E-state index contributed by atoms with van der Waals surface area (Å²) in [5.41, 5.74) is 2.34. The van der Waals surface area contributed by atoms with Crippen molar-refractivity contribution in [2.45, 2.75) is 57.5 Å². The normalized spacial score (nSPS) is 24.1. The Balaban J connectivity index is 1.39. The third-order valence-corrected chi connectivity index (χ3v) is 6.38. The number of carbonyl (C=O) groups is 2. The molecule has 1 fully saturated rings. The molecular weight excluding hydrogens is 378 g/mol. The summed E-state index contributed by atoms with van der Waals surface area (Å²) in [4.78, 5) is 30.9. The molecule has 0 saturated carbocycles. The van der Waals surface area contributed by atoms with E-state index in [0.29, 0.717) is 24.4 Å². The summed E-state index contributed by atoms with van der Waals surface area (Å²) < 4.78 is 1.72. The standard InChI is InChI=1S/C23H31N5O2/c1-16-8-9-19(15-28(16)22(29)10-17-6-4-3-5-7-17)26-23(30)21-13-24-12-20(21)18-11-25-27(2)14-18/h3-4,11-14,16-17,19,24H,5-10,15H2,1-2H3,(H,26,30)/t16-,17-,19-/m1/s1. The second-order valence-electron chi connectivity index (χ2n) is 8.68. The van der Waals surface area contributed by atoms with Crippen molar-refractivity contribution < 1.29 is 9.59 Å². The molecule has 0 aromatic carbocycles. The molecule has 1 saturated heterocycles. The van der Waals surface area contributed by atoms with E-state index in [2.05, 4.69) is 34.5 Å². The number of aromatic amines is 1. The summed E-state index contributed by atoms with van der Waals surface area (Å²) in [5, 5.41) is 7.35. The van der Waals surface area contributed by atoms with Gasteiger partial charge in [0.25, 0.3) is 5.91 Å². The third-order valence-electron chi connectivity index (χ3n) is 6.38. The van der Waals surface area contributed by atoms with Crippen molar-refractivity contribution in [3.63, 3.8) is 0 Å². The van der Waals surface area contributed by atoms with Gasteiger partial charge in [-0.15, -0.1) is 0 Å². The van der Waals surface area contributed by atoms with Crippen molar-refractivity contribution in [2.24, 2.45) is 13.0 Å². The van der Waals surface area contributed by atoms with Crippen molar-refractivity contribution in [3.8, 4) is 11.1 Å². The molecule has 7 nitrogen and oxygen atoms in total. The number of hydrogen-bond acceptors (Lipinski definition) is 3. The third kappa shape index (κ3) is 4.50. The molecule has 3 heterocycles. The van der Waals surface area contributed by atoms with Gasteiger partial charge in [0.15, 0.2) is 0 Å². The van der Waals surface area contributed by atoms with E-state index in [1.807, 2.05) is 24.3 Å². The maximum absolute atomic E-state index is 13.0. The predicted octanol–water partition coefficient (Wildman–Crippen LogP) is 3.27. The van der Waals surface area contributed by atoms with Crippen molar-refractivity contribution in [2.75, 3.05) is 6.54 Å². The molecule has 0 spiro atoms. The van der Waals surface area contributed by atoms with Crippen LogP contribution in [-0.4, -0.2) is 50.1 Å². The van der Waals surface area contributed by atoms with Crippen LogP contribution >= 0.6 is 0 Å². The van der Waals surface area contributed by atoms with Gasteiger partial charge in [0.05, 0.1) is 11.8 Å². The van der Waals surface area contributed by atoms with Gasteiger partial charge >= 0.3 is 0 Å². The van der Waals surface area contributed by atoms with Crippen LogP contribution in [0.3, 0.4) is 0 Å². The minimum atomic E-state index is -0.112. The molecule has 4 rings (SSSR count). The highest BCUT2D eigenvalue weighted by Gasteiger charge is 2.31. The number of aromatic nitrogens is 3. The van der Waals surface area contributed by atoms with Crippen LogP contribution in [0.25, 0.3) is 11.1 Å². The molecule has 2 aromatic heterocycles. The summed E-state index contributed by atoms with van der Waals surface area (Å²) >= 11 is 0. The molecule has 1 aliphatic carbocycles. The van der Waals surface area contributed by atoms with Gasteiger partial charge in [0.1, 0.15) is 0 Å². The van der Waals surface area contributed by atoms with E-state index < -0.39 is 0 Å². The molecule has 2 aliphatic rings. The molecule has 1 aliphatic heterocycles. The molecule has 7 heteroatoms. The number of amides is 2.